The second-order valence-electron chi connectivity index (χ2n) is 4.99. The van der Waals surface area contributed by atoms with E-state index in [2.05, 4.69) is 36.4 Å². The topological polar surface area (TPSA) is 44.1 Å². The van der Waals surface area contributed by atoms with Crippen LogP contribution in [0.3, 0.4) is 0 Å². The first-order valence-electron chi connectivity index (χ1n) is 6.60. The third-order valence-corrected chi connectivity index (χ3v) is 3.31. The van der Waals surface area contributed by atoms with Crippen molar-refractivity contribution in [2.75, 3.05) is 6.61 Å². The Morgan fingerprint density at radius 1 is 1.47 bits per heavy atom. The molecule has 0 fully saturated rings. The molecule has 0 saturated carbocycles. The third-order valence-electron chi connectivity index (χ3n) is 3.31. The molecule has 4 nitrogen and oxygen atoms in total. The molecule has 0 aliphatic heterocycles. The van der Waals surface area contributed by atoms with Crippen LogP contribution >= 0.6 is 0 Å². The molecule has 0 radical (unpaired) electrons. The van der Waals surface area contributed by atoms with Gasteiger partial charge in [0.25, 0.3) is 0 Å². The number of carbonyl (C=O) groups excluding carboxylic acids is 1. The molecule has 2 aromatic rings. The lowest BCUT2D eigenvalue weighted by Gasteiger charge is -2.11. The Hall–Kier alpha value is -1.84. The Balaban J connectivity index is 2.42. The van der Waals surface area contributed by atoms with Crippen LogP contribution in [0.1, 0.15) is 38.1 Å². The summed E-state index contributed by atoms with van der Waals surface area (Å²) in [6.07, 6.45) is 2.55. The number of rotatable bonds is 4. The first-order valence-corrected chi connectivity index (χ1v) is 6.60. The van der Waals surface area contributed by atoms with Crippen LogP contribution in [0.2, 0.25) is 0 Å². The average Bonchev–Trinajstić information content (AvgIpc) is 2.62. The van der Waals surface area contributed by atoms with Gasteiger partial charge in [-0.2, -0.15) is 0 Å². The van der Waals surface area contributed by atoms with Crippen molar-refractivity contribution >= 4 is 17.0 Å². The van der Waals surface area contributed by atoms with Gasteiger partial charge in [0.2, 0.25) is 0 Å². The van der Waals surface area contributed by atoms with Gasteiger partial charge in [-0.3, -0.25) is 4.79 Å². The summed E-state index contributed by atoms with van der Waals surface area (Å²) in [5.41, 5.74) is 3.43. The largest absolute Gasteiger partial charge is 0.466 e. The molecule has 0 bridgehead atoms. The summed E-state index contributed by atoms with van der Waals surface area (Å²) in [5.74, 6) is -0.233. The van der Waals surface area contributed by atoms with E-state index in [4.69, 9.17) is 4.74 Å². The summed E-state index contributed by atoms with van der Waals surface area (Å²) in [6, 6.07) is 4.39. The zero-order valence-corrected chi connectivity index (χ0v) is 11.9. The number of hydrogen-bond acceptors (Lipinski definition) is 3. The summed E-state index contributed by atoms with van der Waals surface area (Å²) < 4.78 is 7.29. The van der Waals surface area contributed by atoms with Gasteiger partial charge < -0.3 is 9.30 Å². The Kier molecular flexibility index (Phi) is 3.88. The molecule has 0 spiro atoms. The van der Waals surface area contributed by atoms with Crippen molar-refractivity contribution in [2.45, 2.75) is 40.2 Å². The maximum Gasteiger partial charge on any atom is 0.302 e. The number of pyridine rings is 1. The van der Waals surface area contributed by atoms with E-state index in [1.54, 1.807) is 0 Å². The number of aromatic nitrogens is 2. The summed E-state index contributed by atoms with van der Waals surface area (Å²) in [6.45, 7) is 8.26. The second kappa shape index (κ2) is 5.43. The fourth-order valence-corrected chi connectivity index (χ4v) is 2.57. The maximum atomic E-state index is 10.9. The molecule has 4 heteroatoms. The van der Waals surface area contributed by atoms with Crippen molar-refractivity contribution in [3.8, 4) is 0 Å². The van der Waals surface area contributed by atoms with Crippen LogP contribution < -0.4 is 0 Å². The van der Waals surface area contributed by atoms with Crippen molar-refractivity contribution < 1.29 is 9.53 Å². The first-order chi connectivity index (χ1) is 9.02. The van der Waals surface area contributed by atoms with Crippen LogP contribution in [-0.4, -0.2) is 22.1 Å². The van der Waals surface area contributed by atoms with Crippen molar-refractivity contribution in [3.05, 3.63) is 29.6 Å². The number of esters is 1. The number of fused-ring (bicyclic) bond motifs is 1. The van der Waals surface area contributed by atoms with Gasteiger partial charge in [-0.05, 0) is 38.5 Å². The number of carbonyl (C=O) groups is 1. The Bertz CT molecular complexity index is 599. The number of ether oxygens (including phenoxy) is 1. The highest BCUT2D eigenvalue weighted by atomic mass is 16.5. The molecule has 102 valence electrons. The molecule has 0 aliphatic carbocycles. The van der Waals surface area contributed by atoms with E-state index in [1.165, 1.54) is 18.2 Å². The molecule has 0 aromatic carbocycles. The minimum atomic E-state index is -0.233. The minimum absolute atomic E-state index is 0.233. The van der Waals surface area contributed by atoms with E-state index >= 15 is 0 Å². The fourth-order valence-electron chi connectivity index (χ4n) is 2.57. The van der Waals surface area contributed by atoms with Gasteiger partial charge in [0.15, 0.2) is 0 Å². The van der Waals surface area contributed by atoms with Crippen LogP contribution in [0.4, 0.5) is 0 Å². The second-order valence-corrected chi connectivity index (χ2v) is 4.99. The van der Waals surface area contributed by atoms with Crippen LogP contribution in [0.25, 0.3) is 11.0 Å². The zero-order valence-electron chi connectivity index (χ0n) is 11.9. The van der Waals surface area contributed by atoms with Crippen LogP contribution in [0, 0.1) is 6.92 Å². The molecule has 0 amide bonds. The van der Waals surface area contributed by atoms with Crippen LogP contribution in [-0.2, 0) is 16.0 Å². The third kappa shape index (κ3) is 2.62. The highest BCUT2D eigenvalue weighted by molar-refractivity contribution is 5.82. The Labute approximate surface area is 113 Å². The van der Waals surface area contributed by atoms with E-state index in [0.29, 0.717) is 12.6 Å². The van der Waals surface area contributed by atoms with Crippen molar-refractivity contribution in [3.63, 3.8) is 0 Å². The van der Waals surface area contributed by atoms with Gasteiger partial charge in [-0.1, -0.05) is 0 Å². The van der Waals surface area contributed by atoms with Crippen molar-refractivity contribution in [1.82, 2.24) is 9.55 Å². The normalized spacial score (nSPS) is 11.2. The van der Waals surface area contributed by atoms with Gasteiger partial charge in [0, 0.05) is 36.7 Å². The highest BCUT2D eigenvalue weighted by Gasteiger charge is 2.16. The van der Waals surface area contributed by atoms with Crippen molar-refractivity contribution in [2.24, 2.45) is 0 Å². The monoisotopic (exact) mass is 260 g/mol. The van der Waals surface area contributed by atoms with E-state index in [-0.39, 0.29) is 5.97 Å². The van der Waals surface area contributed by atoms with Gasteiger partial charge >= 0.3 is 5.97 Å². The van der Waals surface area contributed by atoms with Crippen molar-refractivity contribution in [1.29, 1.82) is 0 Å². The smallest absolute Gasteiger partial charge is 0.302 e. The lowest BCUT2D eigenvalue weighted by Crippen LogP contribution is -2.06. The van der Waals surface area contributed by atoms with Crippen LogP contribution in [0.5, 0.6) is 0 Å². The molecule has 2 aromatic heterocycles. The Morgan fingerprint density at radius 2 is 2.21 bits per heavy atom. The number of hydrogen-bond donors (Lipinski definition) is 0. The summed E-state index contributed by atoms with van der Waals surface area (Å²) in [7, 11) is 0. The molecule has 0 aliphatic rings. The van der Waals surface area contributed by atoms with Gasteiger partial charge in [0.1, 0.15) is 5.65 Å². The molecule has 0 saturated heterocycles. The first kappa shape index (κ1) is 13.6. The SMILES string of the molecule is CC(=O)OCCc1c(C)n(C(C)C)c2ncccc12. The molecule has 0 N–H and O–H groups in total. The average molecular weight is 260 g/mol. The zero-order chi connectivity index (χ0) is 14.0. The quantitative estimate of drug-likeness (QED) is 0.794. The van der Waals surface area contributed by atoms with Crippen LogP contribution in [0.15, 0.2) is 18.3 Å². The fraction of sp³-hybridized carbons (Fsp3) is 0.467. The molecular weight excluding hydrogens is 240 g/mol. The molecule has 2 heterocycles. The summed E-state index contributed by atoms with van der Waals surface area (Å²) >= 11 is 0. The molecule has 19 heavy (non-hydrogen) atoms. The predicted molar refractivity (Wildman–Crippen MR) is 75.2 cm³/mol. The van der Waals surface area contributed by atoms with Gasteiger partial charge in [0.05, 0.1) is 6.61 Å². The molecule has 0 atom stereocenters. The molecular formula is C15H20N2O2. The standard InChI is InChI=1S/C15H20N2O2/c1-10(2)17-11(3)13(7-9-19-12(4)18)14-6-5-8-16-15(14)17/h5-6,8,10H,7,9H2,1-4H3. The highest BCUT2D eigenvalue weighted by Crippen LogP contribution is 2.27. The van der Waals surface area contributed by atoms with E-state index in [1.807, 2.05) is 12.3 Å². The lowest BCUT2D eigenvalue weighted by molar-refractivity contribution is -0.140. The maximum absolute atomic E-state index is 10.9. The number of nitrogens with zero attached hydrogens (tertiary/aromatic N) is 2. The lowest BCUT2D eigenvalue weighted by atomic mass is 10.1. The molecule has 0 unspecified atom stereocenters. The predicted octanol–water partition coefficient (Wildman–Crippen LogP) is 3.03. The van der Waals surface area contributed by atoms with Gasteiger partial charge in [-0.25, -0.2) is 4.98 Å². The van der Waals surface area contributed by atoms with Gasteiger partial charge in [-0.15, -0.1) is 0 Å². The molecule has 2 rings (SSSR count). The Morgan fingerprint density at radius 3 is 2.84 bits per heavy atom. The van der Waals surface area contributed by atoms with E-state index in [9.17, 15) is 4.79 Å². The summed E-state index contributed by atoms with van der Waals surface area (Å²) in [5, 5.41) is 1.15. The minimum Gasteiger partial charge on any atom is -0.466 e. The van der Waals surface area contributed by atoms with E-state index in [0.717, 1.165) is 17.5 Å². The summed E-state index contributed by atoms with van der Waals surface area (Å²) in [4.78, 5) is 15.3. The van der Waals surface area contributed by atoms with E-state index < -0.39 is 0 Å².